The zero-order chi connectivity index (χ0) is 12.0. The highest BCUT2D eigenvalue weighted by Crippen LogP contribution is 2.06. The molecule has 0 aromatic heterocycles. The van der Waals surface area contributed by atoms with Gasteiger partial charge in [-0.3, -0.25) is 9.69 Å². The number of methoxy groups -OCH3 is 1. The van der Waals surface area contributed by atoms with Gasteiger partial charge in [-0.15, -0.1) is 0 Å². The molecule has 0 fully saturated rings. The van der Waals surface area contributed by atoms with Crippen molar-refractivity contribution in [3.8, 4) is 0 Å². The van der Waals surface area contributed by atoms with Gasteiger partial charge in [0.2, 0.25) is 0 Å². The van der Waals surface area contributed by atoms with Gasteiger partial charge in [0.25, 0.3) is 0 Å². The zero-order valence-electron chi connectivity index (χ0n) is 9.59. The molecular formula is C12H17NO3. The van der Waals surface area contributed by atoms with Gasteiger partial charge in [0.05, 0.1) is 13.7 Å². The third-order valence-electron chi connectivity index (χ3n) is 2.45. The number of hydrogen-bond donors (Lipinski definition) is 1. The lowest BCUT2D eigenvalue weighted by Gasteiger charge is -2.24. The molecule has 0 saturated carbocycles. The average Bonchev–Trinajstić information content (AvgIpc) is 2.31. The number of likely N-dealkylation sites (N-methyl/N-ethyl adjacent to an activating group) is 1. The highest BCUT2D eigenvalue weighted by atomic mass is 16.5. The van der Waals surface area contributed by atoms with E-state index in [1.54, 1.807) is 11.9 Å². The van der Waals surface area contributed by atoms with Gasteiger partial charge >= 0.3 is 5.97 Å². The van der Waals surface area contributed by atoms with Crippen LogP contribution in [0.4, 0.5) is 0 Å². The fraction of sp³-hybridized carbons (Fsp3) is 0.417. The minimum atomic E-state index is -0.606. The minimum Gasteiger partial charge on any atom is -0.468 e. The van der Waals surface area contributed by atoms with Crippen LogP contribution in [0.15, 0.2) is 30.3 Å². The van der Waals surface area contributed by atoms with Crippen LogP contribution in [0.5, 0.6) is 0 Å². The summed E-state index contributed by atoms with van der Waals surface area (Å²) in [6, 6.07) is 9.16. The molecule has 4 nitrogen and oxygen atoms in total. The summed E-state index contributed by atoms with van der Waals surface area (Å²) in [5.41, 5.74) is 1.09. The van der Waals surface area contributed by atoms with E-state index in [1.807, 2.05) is 30.3 Å². The molecule has 1 aromatic carbocycles. The quantitative estimate of drug-likeness (QED) is 0.745. The predicted molar refractivity (Wildman–Crippen MR) is 60.8 cm³/mol. The first-order valence-electron chi connectivity index (χ1n) is 5.12. The maximum Gasteiger partial charge on any atom is 0.325 e. The molecule has 0 aliphatic carbocycles. The standard InChI is InChI=1S/C12H17NO3/c1-13(11(9-14)12(15)16-2)8-10-6-4-3-5-7-10/h3-7,11,14H,8-9H2,1-2H3. The van der Waals surface area contributed by atoms with Crippen LogP contribution < -0.4 is 0 Å². The third-order valence-corrected chi connectivity index (χ3v) is 2.45. The Labute approximate surface area is 95.5 Å². The molecule has 16 heavy (non-hydrogen) atoms. The van der Waals surface area contributed by atoms with Crippen LogP contribution in [-0.2, 0) is 16.1 Å². The third kappa shape index (κ3) is 3.32. The van der Waals surface area contributed by atoms with E-state index in [0.717, 1.165) is 5.56 Å². The summed E-state index contributed by atoms with van der Waals surface area (Å²) in [4.78, 5) is 13.1. The Kier molecular flexibility index (Phi) is 4.95. The number of aliphatic hydroxyl groups is 1. The van der Waals surface area contributed by atoms with E-state index in [9.17, 15) is 4.79 Å². The molecule has 1 atom stereocenters. The molecule has 1 unspecified atom stereocenters. The van der Waals surface area contributed by atoms with Gasteiger partial charge in [-0.05, 0) is 12.6 Å². The number of rotatable bonds is 5. The zero-order valence-corrected chi connectivity index (χ0v) is 9.59. The lowest BCUT2D eigenvalue weighted by atomic mass is 10.2. The number of ether oxygens (including phenoxy) is 1. The largest absolute Gasteiger partial charge is 0.468 e. The first kappa shape index (κ1) is 12.7. The van der Waals surface area contributed by atoms with Crippen LogP contribution in [0.3, 0.4) is 0 Å². The molecule has 0 aliphatic rings. The van der Waals surface area contributed by atoms with Gasteiger partial charge in [0.1, 0.15) is 6.04 Å². The van der Waals surface area contributed by atoms with Gasteiger partial charge < -0.3 is 9.84 Å². The number of carbonyl (C=O) groups is 1. The number of aliphatic hydroxyl groups excluding tert-OH is 1. The van der Waals surface area contributed by atoms with Crippen LogP contribution in [0.25, 0.3) is 0 Å². The van der Waals surface area contributed by atoms with Gasteiger partial charge in [-0.25, -0.2) is 0 Å². The Morgan fingerprint density at radius 2 is 2.06 bits per heavy atom. The fourth-order valence-corrected chi connectivity index (χ4v) is 1.51. The summed E-state index contributed by atoms with van der Waals surface area (Å²) in [6.45, 7) is 0.358. The van der Waals surface area contributed by atoms with E-state index < -0.39 is 12.0 Å². The van der Waals surface area contributed by atoms with Gasteiger partial charge in [0, 0.05) is 6.54 Å². The van der Waals surface area contributed by atoms with Crippen molar-refractivity contribution in [2.45, 2.75) is 12.6 Å². The maximum absolute atomic E-state index is 11.4. The Balaban J connectivity index is 2.63. The lowest BCUT2D eigenvalue weighted by molar-refractivity contribution is -0.148. The van der Waals surface area contributed by atoms with Gasteiger partial charge in [0.15, 0.2) is 0 Å². The molecule has 1 rings (SSSR count). The SMILES string of the molecule is COC(=O)C(CO)N(C)Cc1ccccc1. The van der Waals surface area contributed by atoms with E-state index in [-0.39, 0.29) is 6.61 Å². The van der Waals surface area contributed by atoms with Crippen LogP contribution in [-0.4, -0.2) is 42.8 Å². The van der Waals surface area contributed by atoms with E-state index in [0.29, 0.717) is 6.54 Å². The van der Waals surface area contributed by atoms with Crippen molar-refractivity contribution in [2.75, 3.05) is 20.8 Å². The van der Waals surface area contributed by atoms with E-state index in [2.05, 4.69) is 4.74 Å². The van der Waals surface area contributed by atoms with E-state index >= 15 is 0 Å². The molecule has 0 amide bonds. The van der Waals surface area contributed by atoms with Crippen LogP contribution in [0.1, 0.15) is 5.56 Å². The molecule has 0 bridgehead atoms. The summed E-state index contributed by atoms with van der Waals surface area (Å²) < 4.78 is 4.62. The Morgan fingerprint density at radius 1 is 1.44 bits per heavy atom. The van der Waals surface area contributed by atoms with Gasteiger partial charge in [-0.2, -0.15) is 0 Å². The maximum atomic E-state index is 11.4. The number of benzene rings is 1. The average molecular weight is 223 g/mol. The van der Waals surface area contributed by atoms with E-state index in [4.69, 9.17) is 5.11 Å². The second-order valence-electron chi connectivity index (χ2n) is 3.62. The molecule has 0 spiro atoms. The first-order valence-corrected chi connectivity index (χ1v) is 5.12. The monoisotopic (exact) mass is 223 g/mol. The Morgan fingerprint density at radius 3 is 2.56 bits per heavy atom. The summed E-state index contributed by atoms with van der Waals surface area (Å²) >= 11 is 0. The minimum absolute atomic E-state index is 0.240. The number of carbonyl (C=O) groups excluding carboxylic acids is 1. The van der Waals surface area contributed by atoms with Crippen LogP contribution in [0.2, 0.25) is 0 Å². The van der Waals surface area contributed by atoms with Crippen molar-refractivity contribution in [1.29, 1.82) is 0 Å². The van der Waals surface area contributed by atoms with Crippen LogP contribution in [0, 0.1) is 0 Å². The molecule has 88 valence electrons. The Bertz CT molecular complexity index is 326. The topological polar surface area (TPSA) is 49.8 Å². The molecule has 0 heterocycles. The van der Waals surface area contributed by atoms with Gasteiger partial charge in [-0.1, -0.05) is 30.3 Å². The first-order chi connectivity index (χ1) is 7.69. The molecule has 1 aromatic rings. The molecule has 1 N–H and O–H groups in total. The summed E-state index contributed by atoms with van der Waals surface area (Å²) in [7, 11) is 3.10. The second-order valence-corrected chi connectivity index (χ2v) is 3.62. The molecule has 0 saturated heterocycles. The molecule has 0 aliphatic heterocycles. The molecule has 4 heteroatoms. The van der Waals surface area contributed by atoms with E-state index in [1.165, 1.54) is 7.11 Å². The lowest BCUT2D eigenvalue weighted by Crippen LogP contribution is -2.41. The number of hydrogen-bond acceptors (Lipinski definition) is 4. The number of nitrogens with zero attached hydrogens (tertiary/aromatic N) is 1. The molecular weight excluding hydrogens is 206 g/mol. The van der Waals surface area contributed by atoms with Crippen molar-refractivity contribution >= 4 is 5.97 Å². The summed E-state index contributed by atoms with van der Waals surface area (Å²) in [5.74, 6) is -0.416. The van der Waals surface area contributed by atoms with Crippen LogP contribution >= 0.6 is 0 Å². The number of esters is 1. The van der Waals surface area contributed by atoms with Crippen molar-refractivity contribution in [2.24, 2.45) is 0 Å². The normalized spacial score (nSPS) is 12.5. The van der Waals surface area contributed by atoms with Crippen molar-refractivity contribution in [3.05, 3.63) is 35.9 Å². The molecule has 0 radical (unpaired) electrons. The van der Waals surface area contributed by atoms with Crippen molar-refractivity contribution in [1.82, 2.24) is 4.90 Å². The second kappa shape index (κ2) is 6.25. The van der Waals surface area contributed by atoms with Crippen molar-refractivity contribution < 1.29 is 14.6 Å². The highest BCUT2D eigenvalue weighted by Gasteiger charge is 2.22. The highest BCUT2D eigenvalue weighted by molar-refractivity contribution is 5.75. The summed E-state index contributed by atoms with van der Waals surface area (Å²) in [6.07, 6.45) is 0. The predicted octanol–water partition coefficient (Wildman–Crippen LogP) is 0.652. The smallest absolute Gasteiger partial charge is 0.325 e. The summed E-state index contributed by atoms with van der Waals surface area (Å²) in [5, 5.41) is 9.13. The Hall–Kier alpha value is -1.39. The van der Waals surface area contributed by atoms with Crippen molar-refractivity contribution in [3.63, 3.8) is 0 Å². The fourth-order valence-electron chi connectivity index (χ4n) is 1.51.